The van der Waals surface area contributed by atoms with E-state index in [1.54, 1.807) is 6.08 Å². The predicted octanol–water partition coefficient (Wildman–Crippen LogP) is 3.64. The molecule has 1 heteroatoms. The van der Waals surface area contributed by atoms with Crippen molar-refractivity contribution in [2.45, 2.75) is 34.6 Å². The summed E-state index contributed by atoms with van der Waals surface area (Å²) in [6.07, 6.45) is 7.21. The number of rotatable bonds is 2. The highest BCUT2D eigenvalue weighted by Gasteiger charge is 1.66. The molecule has 0 radical (unpaired) electrons. The van der Waals surface area contributed by atoms with Gasteiger partial charge < -0.3 is 5.73 Å². The molecule has 0 aliphatic carbocycles. The fraction of sp³-hybridized carbons (Fsp3) is 0.455. The molecule has 0 aromatic rings. The maximum Gasteiger partial charge on any atom is 0.00488 e. The van der Waals surface area contributed by atoms with Crippen LogP contribution in [0.4, 0.5) is 0 Å². The van der Waals surface area contributed by atoms with Gasteiger partial charge in [0, 0.05) is 5.70 Å². The van der Waals surface area contributed by atoms with Crippen molar-refractivity contribution in [3.63, 3.8) is 0 Å². The first kappa shape index (κ1) is 17.2. The topological polar surface area (TPSA) is 26.0 Å². The van der Waals surface area contributed by atoms with E-state index in [9.17, 15) is 0 Å². The molecule has 0 unspecified atom stereocenters. The molecule has 0 saturated carbocycles. The molecule has 1 nitrogen and oxygen atoms in total. The smallest absolute Gasteiger partial charge is 0.00488 e. The van der Waals surface area contributed by atoms with Crippen LogP contribution in [0.2, 0.25) is 0 Å². The SMILES string of the molecule is C=C/C=C\C=C(/C)N.CC.CC. The van der Waals surface area contributed by atoms with Crippen molar-refractivity contribution in [1.29, 1.82) is 0 Å². The average Bonchev–Trinajstić information content (AvgIpc) is 2.12. The maximum absolute atomic E-state index is 5.31. The number of nitrogens with two attached hydrogens (primary N) is 1. The second kappa shape index (κ2) is 22.5. The Labute approximate surface area is 77.7 Å². The number of hydrogen-bond acceptors (Lipinski definition) is 1. The minimum Gasteiger partial charge on any atom is -0.402 e. The molecule has 0 aromatic heterocycles. The van der Waals surface area contributed by atoms with Gasteiger partial charge in [-0.3, -0.25) is 0 Å². The summed E-state index contributed by atoms with van der Waals surface area (Å²) in [7, 11) is 0. The normalized spacial score (nSPS) is 9.25. The second-order valence-corrected chi connectivity index (χ2v) is 1.53. The van der Waals surface area contributed by atoms with Gasteiger partial charge >= 0.3 is 0 Å². The molecule has 2 N–H and O–H groups in total. The van der Waals surface area contributed by atoms with Crippen molar-refractivity contribution in [3.8, 4) is 0 Å². The van der Waals surface area contributed by atoms with Gasteiger partial charge in [-0.25, -0.2) is 0 Å². The van der Waals surface area contributed by atoms with Gasteiger partial charge in [-0.05, 0) is 13.0 Å². The molecule has 0 saturated heterocycles. The Kier molecular flexibility index (Phi) is 32.2. The van der Waals surface area contributed by atoms with E-state index in [-0.39, 0.29) is 0 Å². The zero-order valence-corrected chi connectivity index (χ0v) is 9.09. The third-order valence-electron chi connectivity index (χ3n) is 0.606. The van der Waals surface area contributed by atoms with Gasteiger partial charge in [0.1, 0.15) is 0 Å². The lowest BCUT2D eigenvalue weighted by Gasteiger charge is -1.80. The molecular weight excluding hydrogens is 146 g/mol. The molecule has 0 aromatic carbocycles. The Morgan fingerprint density at radius 3 is 1.75 bits per heavy atom. The summed E-state index contributed by atoms with van der Waals surface area (Å²) < 4.78 is 0. The fourth-order valence-electron chi connectivity index (χ4n) is 0.286. The van der Waals surface area contributed by atoms with Crippen LogP contribution in [0.5, 0.6) is 0 Å². The monoisotopic (exact) mass is 169 g/mol. The molecule has 0 atom stereocenters. The van der Waals surface area contributed by atoms with Gasteiger partial charge in [0.15, 0.2) is 0 Å². The highest BCUT2D eigenvalue weighted by molar-refractivity contribution is 5.11. The Hall–Kier alpha value is -0.980. The first-order chi connectivity index (χ1) is 5.77. The van der Waals surface area contributed by atoms with Crippen LogP contribution in [0.1, 0.15) is 34.6 Å². The van der Waals surface area contributed by atoms with E-state index in [2.05, 4.69) is 6.58 Å². The van der Waals surface area contributed by atoms with Crippen LogP contribution >= 0.6 is 0 Å². The van der Waals surface area contributed by atoms with E-state index in [0.29, 0.717) is 0 Å². The van der Waals surface area contributed by atoms with Crippen LogP contribution in [0, 0.1) is 0 Å². The Morgan fingerprint density at radius 1 is 1.08 bits per heavy atom. The van der Waals surface area contributed by atoms with Crippen molar-refractivity contribution in [2.24, 2.45) is 5.73 Å². The van der Waals surface area contributed by atoms with Gasteiger partial charge in [-0.2, -0.15) is 0 Å². The summed E-state index contributed by atoms with van der Waals surface area (Å²) in [5.41, 5.74) is 6.12. The summed E-state index contributed by atoms with van der Waals surface area (Å²) >= 11 is 0. The van der Waals surface area contributed by atoms with Gasteiger partial charge in [0.05, 0.1) is 0 Å². The second-order valence-electron chi connectivity index (χ2n) is 1.53. The van der Waals surface area contributed by atoms with Gasteiger partial charge in [-0.15, -0.1) is 0 Å². The summed E-state index contributed by atoms with van der Waals surface area (Å²) in [6.45, 7) is 13.3. The van der Waals surface area contributed by atoms with E-state index < -0.39 is 0 Å². The van der Waals surface area contributed by atoms with Crippen LogP contribution in [0.25, 0.3) is 0 Å². The highest BCUT2D eigenvalue weighted by Crippen LogP contribution is 1.80. The third kappa shape index (κ3) is 35.9. The van der Waals surface area contributed by atoms with Crippen LogP contribution in [-0.4, -0.2) is 0 Å². The van der Waals surface area contributed by atoms with Crippen molar-refractivity contribution < 1.29 is 0 Å². The lowest BCUT2D eigenvalue weighted by Crippen LogP contribution is -1.87. The van der Waals surface area contributed by atoms with Gasteiger partial charge in [0.2, 0.25) is 0 Å². The molecule has 0 rings (SSSR count). The molecule has 72 valence electrons. The summed E-state index contributed by atoms with van der Waals surface area (Å²) in [6, 6.07) is 0. The molecule has 0 aliphatic rings. The van der Waals surface area contributed by atoms with Gasteiger partial charge in [-0.1, -0.05) is 52.5 Å². The first-order valence-corrected chi connectivity index (χ1v) is 4.49. The average molecular weight is 169 g/mol. The van der Waals surface area contributed by atoms with E-state index in [4.69, 9.17) is 5.73 Å². The quantitative estimate of drug-likeness (QED) is 0.627. The summed E-state index contributed by atoms with van der Waals surface area (Å²) in [5, 5.41) is 0. The Bertz CT molecular complexity index is 117. The summed E-state index contributed by atoms with van der Waals surface area (Å²) in [5.74, 6) is 0. The van der Waals surface area contributed by atoms with Crippen LogP contribution in [0.3, 0.4) is 0 Å². The van der Waals surface area contributed by atoms with Crippen LogP contribution in [0.15, 0.2) is 36.6 Å². The minimum atomic E-state index is 0.808. The van der Waals surface area contributed by atoms with Gasteiger partial charge in [0.25, 0.3) is 0 Å². The zero-order valence-electron chi connectivity index (χ0n) is 9.09. The van der Waals surface area contributed by atoms with Crippen molar-refractivity contribution in [1.82, 2.24) is 0 Å². The van der Waals surface area contributed by atoms with Crippen LogP contribution < -0.4 is 5.73 Å². The standard InChI is InChI=1S/C7H11N.2C2H6/c1-3-4-5-6-7(2)8;2*1-2/h3-6H,1,8H2,2H3;2*1-2H3/b5-4-,7-6+;;. The molecule has 0 fully saturated rings. The Balaban J connectivity index is -0.000000175. The summed E-state index contributed by atoms with van der Waals surface area (Å²) in [4.78, 5) is 0. The van der Waals surface area contributed by atoms with Crippen molar-refractivity contribution in [3.05, 3.63) is 36.6 Å². The molecule has 0 bridgehead atoms. The highest BCUT2D eigenvalue weighted by atomic mass is 14.5. The predicted molar refractivity (Wildman–Crippen MR) is 60.0 cm³/mol. The van der Waals surface area contributed by atoms with Crippen molar-refractivity contribution >= 4 is 0 Å². The van der Waals surface area contributed by atoms with E-state index in [1.165, 1.54) is 0 Å². The number of hydrogen-bond donors (Lipinski definition) is 1. The molecule has 0 heterocycles. The minimum absolute atomic E-state index is 0.808. The lowest BCUT2D eigenvalue weighted by molar-refractivity contribution is 1.32. The fourth-order valence-corrected chi connectivity index (χ4v) is 0.286. The van der Waals surface area contributed by atoms with E-state index >= 15 is 0 Å². The van der Waals surface area contributed by atoms with Crippen LogP contribution in [-0.2, 0) is 0 Å². The molecule has 0 aliphatic heterocycles. The molecule has 12 heavy (non-hydrogen) atoms. The lowest BCUT2D eigenvalue weighted by atomic mass is 10.4. The van der Waals surface area contributed by atoms with E-state index in [1.807, 2.05) is 52.8 Å². The molecule has 0 amide bonds. The maximum atomic E-state index is 5.31. The molecule has 0 spiro atoms. The Morgan fingerprint density at radius 2 is 1.50 bits per heavy atom. The van der Waals surface area contributed by atoms with Crippen molar-refractivity contribution in [2.75, 3.05) is 0 Å². The zero-order chi connectivity index (χ0) is 10.4. The third-order valence-corrected chi connectivity index (χ3v) is 0.606. The number of allylic oxidation sites excluding steroid dienone is 5. The van der Waals surface area contributed by atoms with E-state index in [0.717, 1.165) is 5.70 Å². The first-order valence-electron chi connectivity index (χ1n) is 4.49. The largest absolute Gasteiger partial charge is 0.402 e. The molecular formula is C11H23N.